The van der Waals surface area contributed by atoms with Gasteiger partial charge < -0.3 is 5.32 Å². The fraction of sp³-hybridized carbons (Fsp3) is 0.692. The second kappa shape index (κ2) is 8.14. The third-order valence-electron chi connectivity index (χ3n) is 3.40. The summed E-state index contributed by atoms with van der Waals surface area (Å²) in [6.07, 6.45) is 4.28. The molecule has 2 heterocycles. The van der Waals surface area contributed by atoms with Gasteiger partial charge in [-0.25, -0.2) is 4.68 Å². The first-order chi connectivity index (χ1) is 10.3. The summed E-state index contributed by atoms with van der Waals surface area (Å²) in [4.78, 5) is 0. The van der Waals surface area contributed by atoms with Gasteiger partial charge in [0.25, 0.3) is 0 Å². The molecule has 0 amide bonds. The number of hydrogen-bond donors (Lipinski definition) is 1. The molecule has 0 saturated heterocycles. The third-order valence-corrected chi connectivity index (χ3v) is 4.39. The lowest BCUT2D eigenvalue weighted by atomic mass is 10.2. The van der Waals surface area contributed by atoms with Crippen LogP contribution in [0.4, 0.5) is 0 Å². The standard InChI is InChI=1S/C13H23N7S/c1-4-12(5-2)19-8-6-11(16-19)10-21-13-15-17-18-20(13)9-7-14-3/h6,8,12,14H,4-5,7,9-10H2,1-3H3. The van der Waals surface area contributed by atoms with Gasteiger partial charge in [-0.05, 0) is 36.4 Å². The van der Waals surface area contributed by atoms with E-state index < -0.39 is 0 Å². The van der Waals surface area contributed by atoms with E-state index in [0.29, 0.717) is 6.04 Å². The van der Waals surface area contributed by atoms with Gasteiger partial charge in [0, 0.05) is 18.5 Å². The summed E-state index contributed by atoms with van der Waals surface area (Å²) in [5, 5.41) is 20.4. The van der Waals surface area contributed by atoms with Gasteiger partial charge in [-0.1, -0.05) is 25.6 Å². The summed E-state index contributed by atoms with van der Waals surface area (Å²) >= 11 is 1.62. The van der Waals surface area contributed by atoms with Crippen LogP contribution in [0.15, 0.2) is 17.4 Å². The molecule has 2 aromatic rings. The fourth-order valence-electron chi connectivity index (χ4n) is 2.12. The van der Waals surface area contributed by atoms with Crippen molar-refractivity contribution in [2.75, 3.05) is 13.6 Å². The Labute approximate surface area is 129 Å². The average Bonchev–Trinajstić information content (AvgIpc) is 3.13. The van der Waals surface area contributed by atoms with Crippen molar-refractivity contribution >= 4 is 11.8 Å². The van der Waals surface area contributed by atoms with Gasteiger partial charge in [-0.3, -0.25) is 4.68 Å². The Morgan fingerprint density at radius 3 is 2.86 bits per heavy atom. The highest BCUT2D eigenvalue weighted by atomic mass is 32.2. The topological polar surface area (TPSA) is 73.5 Å². The molecule has 21 heavy (non-hydrogen) atoms. The van der Waals surface area contributed by atoms with E-state index in [2.05, 4.69) is 56.7 Å². The molecule has 0 aliphatic carbocycles. The molecule has 0 aliphatic heterocycles. The number of tetrazole rings is 1. The maximum absolute atomic E-state index is 4.65. The molecule has 2 rings (SSSR count). The Hall–Kier alpha value is -1.41. The summed E-state index contributed by atoms with van der Waals surface area (Å²) in [7, 11) is 1.92. The molecule has 0 fully saturated rings. The summed E-state index contributed by atoms with van der Waals surface area (Å²) in [6, 6.07) is 2.57. The summed E-state index contributed by atoms with van der Waals surface area (Å²) in [6.45, 7) is 6.01. The van der Waals surface area contributed by atoms with Crippen LogP contribution in [0, 0.1) is 0 Å². The number of rotatable bonds is 9. The highest BCUT2D eigenvalue weighted by Gasteiger charge is 2.10. The van der Waals surface area contributed by atoms with Crippen LogP contribution in [0.1, 0.15) is 38.4 Å². The van der Waals surface area contributed by atoms with Gasteiger partial charge in [0.1, 0.15) is 0 Å². The lowest BCUT2D eigenvalue weighted by molar-refractivity contribution is 0.426. The Balaban J connectivity index is 1.93. The Morgan fingerprint density at radius 2 is 2.14 bits per heavy atom. The molecule has 0 unspecified atom stereocenters. The lowest BCUT2D eigenvalue weighted by Gasteiger charge is -2.12. The Bertz CT molecular complexity index is 532. The van der Waals surface area contributed by atoms with E-state index >= 15 is 0 Å². The van der Waals surface area contributed by atoms with E-state index in [-0.39, 0.29) is 0 Å². The quantitative estimate of drug-likeness (QED) is 0.711. The van der Waals surface area contributed by atoms with Crippen LogP contribution in [0.5, 0.6) is 0 Å². The normalized spacial score (nSPS) is 11.4. The Morgan fingerprint density at radius 1 is 1.33 bits per heavy atom. The minimum absolute atomic E-state index is 0.490. The lowest BCUT2D eigenvalue weighted by Crippen LogP contribution is -2.16. The van der Waals surface area contributed by atoms with E-state index in [1.165, 1.54) is 0 Å². The molecule has 0 aliphatic rings. The zero-order valence-corrected chi connectivity index (χ0v) is 13.7. The molecule has 8 heteroatoms. The number of thioether (sulfide) groups is 1. The first-order valence-corrected chi connectivity index (χ1v) is 8.34. The van der Waals surface area contributed by atoms with Crippen LogP contribution in [0.25, 0.3) is 0 Å². The minimum Gasteiger partial charge on any atom is -0.318 e. The predicted molar refractivity (Wildman–Crippen MR) is 83.2 cm³/mol. The van der Waals surface area contributed by atoms with Gasteiger partial charge in [-0.2, -0.15) is 5.10 Å². The van der Waals surface area contributed by atoms with Crippen molar-refractivity contribution in [2.45, 2.75) is 50.2 Å². The maximum Gasteiger partial charge on any atom is 0.209 e. The maximum atomic E-state index is 4.65. The third kappa shape index (κ3) is 4.28. The van der Waals surface area contributed by atoms with Gasteiger partial charge in [0.2, 0.25) is 5.16 Å². The van der Waals surface area contributed by atoms with Crippen molar-refractivity contribution in [3.05, 3.63) is 18.0 Å². The molecule has 0 aromatic carbocycles. The highest BCUT2D eigenvalue weighted by Crippen LogP contribution is 2.20. The van der Waals surface area contributed by atoms with Gasteiger partial charge in [0.05, 0.1) is 18.3 Å². The van der Waals surface area contributed by atoms with Crippen molar-refractivity contribution in [3.63, 3.8) is 0 Å². The van der Waals surface area contributed by atoms with E-state index in [1.54, 1.807) is 11.8 Å². The molecular weight excluding hydrogens is 286 g/mol. The molecule has 116 valence electrons. The SMILES string of the molecule is CCC(CC)n1ccc(CSc2nnnn2CCNC)n1. The Kier molecular flexibility index (Phi) is 6.19. The fourth-order valence-corrected chi connectivity index (χ4v) is 2.92. The van der Waals surface area contributed by atoms with E-state index in [0.717, 1.165) is 42.5 Å². The zero-order chi connectivity index (χ0) is 15.1. The number of nitrogens with one attached hydrogen (secondary N) is 1. The van der Waals surface area contributed by atoms with Crippen LogP contribution in [-0.2, 0) is 12.3 Å². The molecule has 0 spiro atoms. The van der Waals surface area contributed by atoms with E-state index in [9.17, 15) is 0 Å². The van der Waals surface area contributed by atoms with Crippen LogP contribution < -0.4 is 5.32 Å². The van der Waals surface area contributed by atoms with E-state index in [1.807, 2.05) is 11.7 Å². The molecule has 0 bridgehead atoms. The largest absolute Gasteiger partial charge is 0.318 e. The summed E-state index contributed by atoms with van der Waals surface area (Å²) < 4.78 is 3.89. The van der Waals surface area contributed by atoms with Gasteiger partial charge in [-0.15, -0.1) is 5.10 Å². The average molecular weight is 309 g/mol. The van der Waals surface area contributed by atoms with Crippen LogP contribution in [0.3, 0.4) is 0 Å². The van der Waals surface area contributed by atoms with Crippen LogP contribution >= 0.6 is 11.8 Å². The molecular formula is C13H23N7S. The highest BCUT2D eigenvalue weighted by molar-refractivity contribution is 7.98. The molecule has 7 nitrogen and oxygen atoms in total. The van der Waals surface area contributed by atoms with Crippen molar-refractivity contribution in [1.82, 2.24) is 35.3 Å². The van der Waals surface area contributed by atoms with Crippen LogP contribution in [-0.4, -0.2) is 43.6 Å². The molecule has 0 radical (unpaired) electrons. The predicted octanol–water partition coefficient (Wildman–Crippen LogP) is 1.74. The van der Waals surface area contributed by atoms with Gasteiger partial charge >= 0.3 is 0 Å². The minimum atomic E-state index is 0.490. The molecule has 2 aromatic heterocycles. The van der Waals surface area contributed by atoms with Crippen molar-refractivity contribution in [1.29, 1.82) is 0 Å². The summed E-state index contributed by atoms with van der Waals surface area (Å²) in [5.74, 6) is 0.785. The number of hydrogen-bond acceptors (Lipinski definition) is 6. The number of nitrogens with zero attached hydrogens (tertiary/aromatic N) is 6. The number of aromatic nitrogens is 6. The van der Waals surface area contributed by atoms with E-state index in [4.69, 9.17) is 0 Å². The first kappa shape index (κ1) is 16.0. The smallest absolute Gasteiger partial charge is 0.209 e. The second-order valence-electron chi connectivity index (χ2n) is 4.83. The zero-order valence-electron chi connectivity index (χ0n) is 12.9. The second-order valence-corrected chi connectivity index (χ2v) is 5.78. The van der Waals surface area contributed by atoms with Crippen molar-refractivity contribution in [2.24, 2.45) is 0 Å². The monoisotopic (exact) mass is 309 g/mol. The summed E-state index contributed by atoms with van der Waals surface area (Å²) in [5.41, 5.74) is 1.06. The van der Waals surface area contributed by atoms with Gasteiger partial charge in [0.15, 0.2) is 0 Å². The van der Waals surface area contributed by atoms with Crippen molar-refractivity contribution < 1.29 is 0 Å². The van der Waals surface area contributed by atoms with Crippen molar-refractivity contribution in [3.8, 4) is 0 Å². The molecule has 0 saturated carbocycles. The van der Waals surface area contributed by atoms with Crippen LogP contribution in [0.2, 0.25) is 0 Å². The molecule has 0 atom stereocenters. The number of likely N-dealkylation sites (N-methyl/N-ethyl adjacent to an activating group) is 1. The first-order valence-electron chi connectivity index (χ1n) is 7.36. The molecule has 1 N–H and O–H groups in total.